The van der Waals surface area contributed by atoms with Crippen molar-refractivity contribution >= 4 is 17.5 Å². The molecule has 0 aliphatic heterocycles. The Labute approximate surface area is 120 Å². The number of anilines is 2. The molecule has 0 saturated carbocycles. The number of nitrogens with one attached hydrogen (secondary N) is 1. The number of rotatable bonds is 7. The molecule has 0 bridgehead atoms. The van der Waals surface area contributed by atoms with Crippen LogP contribution in [0.4, 0.5) is 11.6 Å². The number of hydrogen-bond donors (Lipinski definition) is 2. The fourth-order valence-corrected chi connectivity index (χ4v) is 1.90. The molecule has 0 aliphatic rings. The van der Waals surface area contributed by atoms with Crippen molar-refractivity contribution in [3.05, 3.63) is 11.9 Å². The van der Waals surface area contributed by atoms with Gasteiger partial charge >= 0.3 is 0 Å². The standard InChI is InChI=1S/C14H25N5O/c1-5-7-12-17-11(15)8-13(18-12)19(6-2)9-14(20)16-10(3)4/h8,10H,5-7,9H2,1-4H3,(H,16,20)(H2,15,17,18). The molecule has 0 aliphatic carbocycles. The Bertz CT molecular complexity index is 447. The van der Waals surface area contributed by atoms with Crippen LogP contribution < -0.4 is 16.0 Å². The summed E-state index contributed by atoms with van der Waals surface area (Å²) in [6, 6.07) is 1.85. The van der Waals surface area contributed by atoms with Crippen LogP contribution >= 0.6 is 0 Å². The normalized spacial score (nSPS) is 10.7. The molecule has 1 amide bonds. The number of carbonyl (C=O) groups is 1. The summed E-state index contributed by atoms with van der Waals surface area (Å²) >= 11 is 0. The summed E-state index contributed by atoms with van der Waals surface area (Å²) in [4.78, 5) is 22.5. The van der Waals surface area contributed by atoms with Gasteiger partial charge in [0.05, 0.1) is 6.54 Å². The van der Waals surface area contributed by atoms with Gasteiger partial charge in [0.15, 0.2) is 0 Å². The first-order chi connectivity index (χ1) is 9.46. The lowest BCUT2D eigenvalue weighted by molar-refractivity contribution is -0.120. The first kappa shape index (κ1) is 16.2. The Hall–Kier alpha value is -1.85. The first-order valence-electron chi connectivity index (χ1n) is 7.14. The van der Waals surface area contributed by atoms with E-state index >= 15 is 0 Å². The number of aromatic nitrogens is 2. The third-order valence-electron chi connectivity index (χ3n) is 2.74. The Morgan fingerprint density at radius 2 is 2.10 bits per heavy atom. The van der Waals surface area contributed by atoms with Crippen molar-refractivity contribution in [3.8, 4) is 0 Å². The highest BCUT2D eigenvalue weighted by Crippen LogP contribution is 2.14. The maximum Gasteiger partial charge on any atom is 0.239 e. The van der Waals surface area contributed by atoms with Crippen LogP contribution in [-0.4, -0.2) is 35.0 Å². The molecule has 1 aromatic heterocycles. The second-order valence-electron chi connectivity index (χ2n) is 5.05. The van der Waals surface area contributed by atoms with E-state index in [0.717, 1.165) is 18.7 Å². The van der Waals surface area contributed by atoms with Gasteiger partial charge in [0.2, 0.25) is 5.91 Å². The monoisotopic (exact) mass is 279 g/mol. The number of carbonyl (C=O) groups excluding carboxylic acids is 1. The van der Waals surface area contributed by atoms with Crippen molar-refractivity contribution in [2.45, 2.75) is 46.6 Å². The molecular weight excluding hydrogens is 254 g/mol. The van der Waals surface area contributed by atoms with Gasteiger partial charge in [0.25, 0.3) is 0 Å². The van der Waals surface area contributed by atoms with E-state index in [9.17, 15) is 4.79 Å². The lowest BCUT2D eigenvalue weighted by atomic mass is 10.3. The van der Waals surface area contributed by atoms with E-state index in [0.29, 0.717) is 18.2 Å². The van der Waals surface area contributed by atoms with E-state index < -0.39 is 0 Å². The van der Waals surface area contributed by atoms with Gasteiger partial charge in [-0.2, -0.15) is 0 Å². The Kier molecular flexibility index (Phi) is 6.21. The maximum absolute atomic E-state index is 11.9. The number of likely N-dealkylation sites (N-methyl/N-ethyl adjacent to an activating group) is 1. The minimum atomic E-state index is -0.0175. The molecule has 0 spiro atoms. The van der Waals surface area contributed by atoms with Gasteiger partial charge in [0, 0.05) is 25.1 Å². The molecule has 6 heteroatoms. The molecule has 1 rings (SSSR count). The Morgan fingerprint density at radius 3 is 2.65 bits per heavy atom. The summed E-state index contributed by atoms with van der Waals surface area (Å²) in [5, 5.41) is 2.88. The summed E-state index contributed by atoms with van der Waals surface area (Å²) < 4.78 is 0. The summed E-state index contributed by atoms with van der Waals surface area (Å²) in [7, 11) is 0. The van der Waals surface area contributed by atoms with E-state index in [1.165, 1.54) is 0 Å². The van der Waals surface area contributed by atoms with Crippen molar-refractivity contribution in [2.24, 2.45) is 0 Å². The van der Waals surface area contributed by atoms with Gasteiger partial charge in [-0.1, -0.05) is 6.92 Å². The van der Waals surface area contributed by atoms with Gasteiger partial charge in [0.1, 0.15) is 17.5 Å². The number of amides is 1. The minimum absolute atomic E-state index is 0.0175. The molecule has 0 fully saturated rings. The van der Waals surface area contributed by atoms with Crippen LogP contribution in [0.1, 0.15) is 39.9 Å². The van der Waals surface area contributed by atoms with Crippen LogP contribution in [0, 0.1) is 0 Å². The van der Waals surface area contributed by atoms with Crippen LogP contribution in [0.15, 0.2) is 6.07 Å². The van der Waals surface area contributed by atoms with E-state index in [4.69, 9.17) is 5.73 Å². The molecule has 1 heterocycles. The molecule has 0 atom stereocenters. The minimum Gasteiger partial charge on any atom is -0.384 e. The highest BCUT2D eigenvalue weighted by Gasteiger charge is 2.13. The second-order valence-corrected chi connectivity index (χ2v) is 5.05. The van der Waals surface area contributed by atoms with E-state index in [1.807, 2.05) is 25.7 Å². The smallest absolute Gasteiger partial charge is 0.239 e. The van der Waals surface area contributed by atoms with Gasteiger partial charge < -0.3 is 16.0 Å². The molecule has 20 heavy (non-hydrogen) atoms. The second kappa shape index (κ2) is 7.67. The average Bonchev–Trinajstić information content (AvgIpc) is 2.34. The molecule has 0 radical (unpaired) electrons. The molecule has 1 aromatic rings. The van der Waals surface area contributed by atoms with Gasteiger partial charge in [-0.25, -0.2) is 9.97 Å². The summed E-state index contributed by atoms with van der Waals surface area (Å²) in [6.07, 6.45) is 1.75. The van der Waals surface area contributed by atoms with Crippen molar-refractivity contribution < 1.29 is 4.79 Å². The van der Waals surface area contributed by atoms with Crippen LogP contribution in [0.2, 0.25) is 0 Å². The summed E-state index contributed by atoms with van der Waals surface area (Å²) in [5.41, 5.74) is 5.82. The summed E-state index contributed by atoms with van der Waals surface area (Å²) in [5.74, 6) is 1.87. The Morgan fingerprint density at radius 1 is 1.40 bits per heavy atom. The zero-order chi connectivity index (χ0) is 15.1. The maximum atomic E-state index is 11.9. The highest BCUT2D eigenvalue weighted by molar-refractivity contribution is 5.81. The lowest BCUT2D eigenvalue weighted by Crippen LogP contribution is -2.40. The van der Waals surface area contributed by atoms with Gasteiger partial charge in [-0.05, 0) is 27.2 Å². The molecule has 0 aromatic carbocycles. The first-order valence-corrected chi connectivity index (χ1v) is 7.14. The number of nitrogens with two attached hydrogens (primary N) is 1. The van der Waals surface area contributed by atoms with Crippen molar-refractivity contribution in [1.82, 2.24) is 15.3 Å². The largest absolute Gasteiger partial charge is 0.384 e. The van der Waals surface area contributed by atoms with Crippen molar-refractivity contribution in [2.75, 3.05) is 23.7 Å². The number of nitrogens with zero attached hydrogens (tertiary/aromatic N) is 3. The van der Waals surface area contributed by atoms with Gasteiger partial charge in [-0.15, -0.1) is 0 Å². The molecule has 0 unspecified atom stereocenters. The molecular formula is C14H25N5O. The summed E-state index contributed by atoms with van der Waals surface area (Å²) in [6.45, 7) is 8.90. The van der Waals surface area contributed by atoms with Gasteiger partial charge in [-0.3, -0.25) is 4.79 Å². The SMILES string of the molecule is CCCc1nc(N)cc(N(CC)CC(=O)NC(C)C)n1. The van der Waals surface area contributed by atoms with Crippen molar-refractivity contribution in [1.29, 1.82) is 0 Å². The van der Waals surface area contributed by atoms with Crippen molar-refractivity contribution in [3.63, 3.8) is 0 Å². The van der Waals surface area contributed by atoms with Crippen LogP contribution in [0.5, 0.6) is 0 Å². The molecule has 112 valence electrons. The highest BCUT2D eigenvalue weighted by atomic mass is 16.2. The average molecular weight is 279 g/mol. The quantitative estimate of drug-likeness (QED) is 0.787. The van der Waals surface area contributed by atoms with Crippen LogP contribution in [0.25, 0.3) is 0 Å². The predicted octanol–water partition coefficient (Wildman–Crippen LogP) is 1.36. The third kappa shape index (κ3) is 5.03. The topological polar surface area (TPSA) is 84.1 Å². The number of nitrogen functional groups attached to an aromatic ring is 1. The Balaban J connectivity index is 2.85. The molecule has 0 saturated heterocycles. The number of aryl methyl sites for hydroxylation is 1. The number of hydrogen-bond acceptors (Lipinski definition) is 5. The fourth-order valence-electron chi connectivity index (χ4n) is 1.90. The third-order valence-corrected chi connectivity index (χ3v) is 2.74. The van der Waals surface area contributed by atoms with E-state index in [1.54, 1.807) is 6.07 Å². The fraction of sp³-hybridized carbons (Fsp3) is 0.643. The lowest BCUT2D eigenvalue weighted by Gasteiger charge is -2.22. The van der Waals surface area contributed by atoms with Crippen LogP contribution in [0.3, 0.4) is 0 Å². The zero-order valence-electron chi connectivity index (χ0n) is 12.8. The molecule has 3 N–H and O–H groups in total. The van der Waals surface area contributed by atoms with E-state index in [2.05, 4.69) is 22.2 Å². The van der Waals surface area contributed by atoms with E-state index in [-0.39, 0.29) is 18.5 Å². The predicted molar refractivity (Wildman–Crippen MR) is 81.6 cm³/mol. The van der Waals surface area contributed by atoms with Crippen LogP contribution in [-0.2, 0) is 11.2 Å². The molecule has 6 nitrogen and oxygen atoms in total. The zero-order valence-corrected chi connectivity index (χ0v) is 12.8.